The number of nitrogens with two attached hydrogens (primary N) is 1. The zero-order valence-corrected chi connectivity index (χ0v) is 12.4. The molecule has 0 radical (unpaired) electrons. The van der Waals surface area contributed by atoms with Crippen LogP contribution in [-0.4, -0.2) is 64.0 Å². The molecule has 3 heterocycles. The monoisotopic (exact) mass is 347 g/mol. The second-order valence-corrected chi connectivity index (χ2v) is 6.87. The molecule has 1 saturated heterocycles. The highest BCUT2D eigenvalue weighted by atomic mass is 31.2. The van der Waals surface area contributed by atoms with Gasteiger partial charge in [-0.2, -0.15) is 4.98 Å². The van der Waals surface area contributed by atoms with E-state index in [9.17, 15) is 29.4 Å². The van der Waals surface area contributed by atoms with E-state index in [1.165, 1.54) is 0 Å². The second-order valence-electron chi connectivity index (χ2n) is 5.09. The number of nitrogens with one attached hydrogen (secondary N) is 1. The molecule has 0 bridgehead atoms. The van der Waals surface area contributed by atoms with Crippen molar-refractivity contribution in [3.05, 3.63) is 16.7 Å². The first-order chi connectivity index (χ1) is 10.7. The predicted molar refractivity (Wildman–Crippen MR) is 75.4 cm³/mol. The van der Waals surface area contributed by atoms with Crippen molar-refractivity contribution in [3.8, 4) is 0 Å². The molecule has 126 valence electrons. The Morgan fingerprint density at radius 1 is 1.48 bits per heavy atom. The molecule has 2 aromatic heterocycles. The molecule has 7 N–H and O–H groups in total. The van der Waals surface area contributed by atoms with Gasteiger partial charge in [0.2, 0.25) is 5.95 Å². The normalized spacial score (nSPS) is 28.5. The summed E-state index contributed by atoms with van der Waals surface area (Å²) in [5.74, 6) is -0.214. The zero-order valence-electron chi connectivity index (χ0n) is 11.5. The highest BCUT2D eigenvalue weighted by molar-refractivity contribution is 7.52. The van der Waals surface area contributed by atoms with Gasteiger partial charge in [0.25, 0.3) is 5.56 Å². The molecule has 0 aromatic carbocycles. The third-order valence-electron chi connectivity index (χ3n) is 3.63. The number of H-pyrrole nitrogens is 1. The first-order valence-corrected chi connectivity index (χ1v) is 8.14. The van der Waals surface area contributed by atoms with Crippen molar-refractivity contribution < 1.29 is 29.3 Å². The molecule has 0 aliphatic carbocycles. The topological polar surface area (TPSA) is 197 Å². The van der Waals surface area contributed by atoms with Crippen molar-refractivity contribution in [2.45, 2.75) is 24.1 Å². The maximum atomic E-state index is 11.8. The highest BCUT2D eigenvalue weighted by Crippen LogP contribution is 2.53. The van der Waals surface area contributed by atoms with E-state index in [0.29, 0.717) is 0 Å². The molecular formula is C10H14N5O7P. The smallest absolute Gasteiger partial charge is 0.335 e. The average Bonchev–Trinajstić information content (AvgIpc) is 2.98. The van der Waals surface area contributed by atoms with E-state index in [4.69, 9.17) is 10.5 Å². The van der Waals surface area contributed by atoms with Gasteiger partial charge in [-0.1, -0.05) is 0 Å². The largest absolute Gasteiger partial charge is 0.394 e. The number of imidazole rings is 1. The van der Waals surface area contributed by atoms with E-state index < -0.39 is 43.9 Å². The Balaban J connectivity index is 2.17. The quantitative estimate of drug-likeness (QED) is 0.323. The molecule has 0 amide bonds. The number of rotatable bonds is 3. The lowest BCUT2D eigenvalue weighted by molar-refractivity contribution is -0.0432. The van der Waals surface area contributed by atoms with Crippen LogP contribution in [0.25, 0.3) is 11.2 Å². The van der Waals surface area contributed by atoms with Gasteiger partial charge in [0.1, 0.15) is 17.9 Å². The molecular weight excluding hydrogens is 333 g/mol. The molecule has 3 rings (SSSR count). The van der Waals surface area contributed by atoms with E-state index in [1.54, 1.807) is 0 Å². The molecule has 1 fully saturated rings. The number of nitrogen functional groups attached to an aromatic ring is 1. The van der Waals surface area contributed by atoms with Gasteiger partial charge in [-0.3, -0.25) is 18.9 Å². The number of aromatic nitrogens is 4. The molecule has 2 aromatic rings. The van der Waals surface area contributed by atoms with Crippen molar-refractivity contribution >= 4 is 24.7 Å². The number of aliphatic hydroxyl groups excluding tert-OH is 2. The van der Waals surface area contributed by atoms with Crippen LogP contribution in [0.1, 0.15) is 6.23 Å². The number of nitrogens with zero attached hydrogens (tertiary/aromatic N) is 3. The van der Waals surface area contributed by atoms with Gasteiger partial charge < -0.3 is 30.5 Å². The Bertz CT molecular complexity index is 844. The minimum absolute atomic E-state index is 0.0551. The number of aliphatic hydroxyl groups is 2. The minimum atomic E-state index is -4.80. The molecule has 13 heteroatoms. The van der Waals surface area contributed by atoms with E-state index in [-0.39, 0.29) is 17.1 Å². The lowest BCUT2D eigenvalue weighted by Crippen LogP contribution is -2.33. The Morgan fingerprint density at radius 3 is 2.78 bits per heavy atom. The highest BCUT2D eigenvalue weighted by Gasteiger charge is 2.53. The van der Waals surface area contributed by atoms with Crippen LogP contribution in [0.2, 0.25) is 0 Å². The molecule has 12 nitrogen and oxygen atoms in total. The first kappa shape index (κ1) is 16.1. The summed E-state index contributed by atoms with van der Waals surface area (Å²) < 4.78 is 18.1. The number of fused-ring (bicyclic) bond motifs is 1. The van der Waals surface area contributed by atoms with Crippen LogP contribution < -0.4 is 11.3 Å². The maximum absolute atomic E-state index is 11.8. The van der Waals surface area contributed by atoms with Crippen LogP contribution in [0.4, 0.5) is 5.95 Å². The number of hydrogen-bond donors (Lipinski definition) is 6. The van der Waals surface area contributed by atoms with Gasteiger partial charge in [0.05, 0.1) is 12.9 Å². The first-order valence-electron chi connectivity index (χ1n) is 6.46. The summed E-state index contributed by atoms with van der Waals surface area (Å²) in [6.45, 7) is -0.642. The van der Waals surface area contributed by atoms with E-state index in [0.717, 1.165) is 10.9 Å². The van der Waals surface area contributed by atoms with Crippen LogP contribution in [-0.2, 0) is 9.30 Å². The molecule has 23 heavy (non-hydrogen) atoms. The summed E-state index contributed by atoms with van der Waals surface area (Å²) in [7, 11) is -4.80. The van der Waals surface area contributed by atoms with Gasteiger partial charge in [-0.15, -0.1) is 0 Å². The second kappa shape index (κ2) is 5.37. The fourth-order valence-corrected chi connectivity index (χ4v) is 3.74. The lowest BCUT2D eigenvalue weighted by atomic mass is 10.2. The van der Waals surface area contributed by atoms with Crippen LogP contribution in [0.5, 0.6) is 0 Å². The van der Waals surface area contributed by atoms with Crippen LogP contribution in [0.15, 0.2) is 11.1 Å². The number of anilines is 1. The zero-order chi connectivity index (χ0) is 16.9. The molecule has 1 aliphatic rings. The summed E-state index contributed by atoms with van der Waals surface area (Å²) in [6, 6.07) is 0. The molecule has 4 atom stereocenters. The third kappa shape index (κ3) is 2.55. The molecule has 0 saturated carbocycles. The summed E-state index contributed by atoms with van der Waals surface area (Å²) in [5.41, 5.74) is 3.02. The van der Waals surface area contributed by atoms with Crippen LogP contribution in [0.3, 0.4) is 0 Å². The fourth-order valence-electron chi connectivity index (χ4n) is 2.60. The van der Waals surface area contributed by atoms with Gasteiger partial charge >= 0.3 is 7.60 Å². The van der Waals surface area contributed by atoms with Gasteiger partial charge in [0.15, 0.2) is 17.4 Å². The van der Waals surface area contributed by atoms with Crippen LogP contribution >= 0.6 is 7.60 Å². The third-order valence-corrected chi connectivity index (χ3v) is 4.97. The standard InChI is InChI=1S/C10H14N5O7P/c11-10-13-7-4(8(18)14-10)12-2-15(7)9-6(23(19,20)21)5(17)3(1-16)22-9/h2-3,5-6,9,16-17H,1H2,(H2,19,20,21)(H3,11,13,14,18)/t3-,5-,6+,9-/m1/s1. The number of hydrogen-bond acceptors (Lipinski definition) is 8. The Kier molecular flexibility index (Phi) is 3.75. The number of ether oxygens (including phenoxy) is 1. The average molecular weight is 347 g/mol. The maximum Gasteiger partial charge on any atom is 0.335 e. The van der Waals surface area contributed by atoms with E-state index in [2.05, 4.69) is 15.0 Å². The van der Waals surface area contributed by atoms with Gasteiger partial charge in [-0.05, 0) is 0 Å². The fraction of sp³-hybridized carbons (Fsp3) is 0.500. The SMILES string of the molecule is Nc1nc2c(ncn2[C@@H]2O[C@H](CO)[C@@H](O)[C@@H]2P(=O)(O)O)c(=O)[nH]1. The van der Waals surface area contributed by atoms with Gasteiger partial charge in [-0.25, -0.2) is 4.98 Å². The Hall–Kier alpha value is -1.82. The van der Waals surface area contributed by atoms with Crippen molar-refractivity contribution in [1.29, 1.82) is 0 Å². The molecule has 0 unspecified atom stereocenters. The Morgan fingerprint density at radius 2 is 2.17 bits per heavy atom. The van der Waals surface area contributed by atoms with E-state index in [1.807, 2.05) is 0 Å². The Labute approximate surface area is 127 Å². The minimum Gasteiger partial charge on any atom is -0.394 e. The van der Waals surface area contributed by atoms with Crippen molar-refractivity contribution in [2.24, 2.45) is 0 Å². The van der Waals surface area contributed by atoms with Crippen LogP contribution in [0, 0.1) is 0 Å². The molecule has 0 spiro atoms. The summed E-state index contributed by atoms with van der Waals surface area (Å²) in [6.07, 6.45) is -3.08. The summed E-state index contributed by atoms with van der Waals surface area (Å²) in [5, 5.41) is 19.2. The summed E-state index contributed by atoms with van der Waals surface area (Å²) in [4.78, 5) is 40.7. The lowest BCUT2D eigenvalue weighted by Gasteiger charge is -2.22. The van der Waals surface area contributed by atoms with Crippen molar-refractivity contribution in [2.75, 3.05) is 12.3 Å². The molecule has 1 aliphatic heterocycles. The van der Waals surface area contributed by atoms with Gasteiger partial charge in [0, 0.05) is 0 Å². The van der Waals surface area contributed by atoms with E-state index >= 15 is 0 Å². The number of aromatic amines is 1. The predicted octanol–water partition coefficient (Wildman–Crippen LogP) is -2.50. The van der Waals surface area contributed by atoms with Crippen molar-refractivity contribution in [3.63, 3.8) is 0 Å². The van der Waals surface area contributed by atoms with Crippen molar-refractivity contribution in [1.82, 2.24) is 19.5 Å². The summed E-state index contributed by atoms with van der Waals surface area (Å²) >= 11 is 0.